The first-order valence-electron chi connectivity index (χ1n) is 13.2. The maximum Gasteiger partial charge on any atom is 0.303 e. The first kappa shape index (κ1) is 25.8. The van der Waals surface area contributed by atoms with Gasteiger partial charge < -0.3 is 20.4 Å². The Hall–Kier alpha value is -2.33. The molecule has 0 saturated heterocycles. The number of hydrogen-bond acceptors (Lipinski definition) is 5. The fourth-order valence-electron chi connectivity index (χ4n) is 7.75. The fraction of sp³-hybridized carbons (Fsp3) is 0.750. The monoisotopic (exact) mass is 484 g/mol. The number of oxime groups is 1. The molecule has 4 rings (SSSR count). The second-order valence-corrected chi connectivity index (χ2v) is 11.6. The van der Waals surface area contributed by atoms with E-state index in [-0.39, 0.29) is 29.8 Å². The molecule has 0 unspecified atom stereocenters. The Morgan fingerprint density at radius 1 is 1.17 bits per heavy atom. The van der Waals surface area contributed by atoms with Crippen LogP contribution in [0.5, 0.6) is 0 Å². The van der Waals surface area contributed by atoms with Crippen molar-refractivity contribution in [2.45, 2.75) is 90.1 Å². The molecule has 3 N–H and O–H groups in total. The van der Waals surface area contributed by atoms with Gasteiger partial charge in [-0.25, -0.2) is 0 Å². The highest BCUT2D eigenvalue weighted by Gasteiger charge is 2.63. The van der Waals surface area contributed by atoms with Crippen molar-refractivity contribution < 1.29 is 24.6 Å². The maximum absolute atomic E-state index is 11.9. The van der Waals surface area contributed by atoms with Crippen LogP contribution in [0.2, 0.25) is 0 Å². The summed E-state index contributed by atoms with van der Waals surface area (Å²) >= 11 is 0. The maximum atomic E-state index is 11.9. The second-order valence-electron chi connectivity index (χ2n) is 11.6. The lowest BCUT2D eigenvalue weighted by Crippen LogP contribution is -2.54. The molecule has 7 nitrogen and oxygen atoms in total. The molecule has 0 spiro atoms. The van der Waals surface area contributed by atoms with Crippen molar-refractivity contribution >= 4 is 17.6 Å². The van der Waals surface area contributed by atoms with E-state index < -0.39 is 11.6 Å². The smallest absolute Gasteiger partial charge is 0.303 e. The van der Waals surface area contributed by atoms with E-state index in [0.29, 0.717) is 37.1 Å². The molecule has 1 amide bonds. The lowest BCUT2D eigenvalue weighted by Gasteiger charge is -2.58. The third-order valence-corrected chi connectivity index (χ3v) is 9.88. The van der Waals surface area contributed by atoms with Gasteiger partial charge in [0.15, 0.2) is 6.61 Å². The molecule has 3 saturated carbocycles. The summed E-state index contributed by atoms with van der Waals surface area (Å²) < 4.78 is 0. The molecule has 0 bridgehead atoms. The summed E-state index contributed by atoms with van der Waals surface area (Å²) in [6, 6.07) is 0. The summed E-state index contributed by atoms with van der Waals surface area (Å²) in [6.45, 7) is 4.95. The summed E-state index contributed by atoms with van der Waals surface area (Å²) in [5, 5.41) is 26.8. The zero-order valence-electron chi connectivity index (χ0n) is 21.1. The molecule has 192 valence electrons. The molecule has 0 heterocycles. The lowest BCUT2D eigenvalue weighted by atomic mass is 9.46. The minimum absolute atomic E-state index is 0.113. The molecule has 35 heavy (non-hydrogen) atoms. The third-order valence-electron chi connectivity index (χ3n) is 9.88. The van der Waals surface area contributed by atoms with E-state index in [1.165, 1.54) is 5.57 Å². The van der Waals surface area contributed by atoms with E-state index in [2.05, 4.69) is 36.3 Å². The van der Waals surface area contributed by atoms with Crippen LogP contribution in [0.1, 0.15) is 84.5 Å². The number of hydrogen-bond donors (Lipinski definition) is 3. The van der Waals surface area contributed by atoms with Gasteiger partial charge >= 0.3 is 5.97 Å². The van der Waals surface area contributed by atoms with Gasteiger partial charge in [-0.15, -0.1) is 6.42 Å². The van der Waals surface area contributed by atoms with E-state index in [1.807, 2.05) is 0 Å². The zero-order valence-corrected chi connectivity index (χ0v) is 21.1. The number of carbonyl (C=O) groups is 2. The molecular weight excluding hydrogens is 444 g/mol. The number of unbranched alkanes of at least 4 members (excludes halogenated alkanes) is 1. The number of terminal acetylenes is 1. The minimum atomic E-state index is -0.964. The van der Waals surface area contributed by atoms with E-state index in [0.717, 1.165) is 57.1 Å². The van der Waals surface area contributed by atoms with Crippen LogP contribution >= 0.6 is 0 Å². The summed E-state index contributed by atoms with van der Waals surface area (Å²) in [4.78, 5) is 27.8. The predicted molar refractivity (Wildman–Crippen MR) is 133 cm³/mol. The molecule has 4 aliphatic rings. The van der Waals surface area contributed by atoms with Crippen molar-refractivity contribution in [2.24, 2.45) is 33.7 Å². The number of amides is 1. The first-order valence-corrected chi connectivity index (χ1v) is 13.2. The number of carboxylic acid groups (broad SMARTS) is 1. The number of nitrogens with zero attached hydrogens (tertiary/aromatic N) is 1. The van der Waals surface area contributed by atoms with Crippen LogP contribution in [0.4, 0.5) is 0 Å². The Balaban J connectivity index is 1.33. The Bertz CT molecular complexity index is 951. The molecule has 0 aliphatic heterocycles. The van der Waals surface area contributed by atoms with E-state index in [4.69, 9.17) is 16.4 Å². The largest absolute Gasteiger partial charge is 0.481 e. The van der Waals surface area contributed by atoms with Gasteiger partial charge in [0.05, 0.1) is 5.71 Å². The Morgan fingerprint density at radius 2 is 1.94 bits per heavy atom. The van der Waals surface area contributed by atoms with Gasteiger partial charge in [0.25, 0.3) is 5.91 Å². The van der Waals surface area contributed by atoms with E-state index in [1.54, 1.807) is 0 Å². The van der Waals surface area contributed by atoms with Crippen LogP contribution < -0.4 is 5.32 Å². The summed E-state index contributed by atoms with van der Waals surface area (Å²) in [5.41, 5.74) is 1.35. The average Bonchev–Trinajstić information content (AvgIpc) is 3.10. The van der Waals surface area contributed by atoms with E-state index >= 15 is 0 Å². The summed E-state index contributed by atoms with van der Waals surface area (Å²) in [7, 11) is 0. The van der Waals surface area contributed by atoms with Crippen molar-refractivity contribution in [2.75, 3.05) is 13.2 Å². The molecule has 6 atom stereocenters. The Labute approximate surface area is 208 Å². The molecule has 3 fully saturated rings. The minimum Gasteiger partial charge on any atom is -0.481 e. The number of carboxylic acids is 1. The molecule has 0 aromatic heterocycles. The predicted octanol–water partition coefficient (Wildman–Crippen LogP) is 4.06. The lowest BCUT2D eigenvalue weighted by molar-refractivity contribution is -0.137. The van der Waals surface area contributed by atoms with Gasteiger partial charge in [0.2, 0.25) is 0 Å². The highest BCUT2D eigenvalue weighted by Crippen LogP contribution is 2.67. The zero-order chi connectivity index (χ0) is 25.3. The van der Waals surface area contributed by atoms with E-state index in [9.17, 15) is 14.7 Å². The third kappa shape index (κ3) is 4.74. The van der Waals surface area contributed by atoms with Crippen LogP contribution in [-0.4, -0.2) is 46.6 Å². The van der Waals surface area contributed by atoms with Crippen molar-refractivity contribution in [1.29, 1.82) is 0 Å². The highest BCUT2D eigenvalue weighted by atomic mass is 16.6. The number of aliphatic carboxylic acids is 1. The summed E-state index contributed by atoms with van der Waals surface area (Å²) in [5.74, 6) is 3.39. The number of nitrogens with one attached hydrogen (secondary N) is 1. The average molecular weight is 485 g/mol. The van der Waals surface area contributed by atoms with Crippen molar-refractivity contribution in [3.8, 4) is 12.3 Å². The van der Waals surface area contributed by atoms with Gasteiger partial charge in [-0.2, -0.15) is 0 Å². The van der Waals surface area contributed by atoms with Gasteiger partial charge in [0, 0.05) is 18.4 Å². The normalized spacial score (nSPS) is 39.0. The highest BCUT2D eigenvalue weighted by molar-refractivity contribution is 5.96. The van der Waals surface area contributed by atoms with Crippen LogP contribution in [0, 0.1) is 40.9 Å². The number of aliphatic hydroxyl groups is 1. The van der Waals surface area contributed by atoms with Gasteiger partial charge in [-0.3, -0.25) is 9.59 Å². The number of fused-ring (bicyclic) bond motifs is 5. The molecular formula is C28H40N2O5. The number of allylic oxidation sites excluding steroid dienone is 2. The summed E-state index contributed by atoms with van der Waals surface area (Å²) in [6.07, 6.45) is 17.1. The van der Waals surface area contributed by atoms with Crippen molar-refractivity contribution in [3.05, 3.63) is 11.6 Å². The van der Waals surface area contributed by atoms with Crippen molar-refractivity contribution in [3.63, 3.8) is 0 Å². The topological polar surface area (TPSA) is 108 Å². The Kier molecular flexibility index (Phi) is 7.33. The molecule has 4 aliphatic carbocycles. The first-order chi connectivity index (χ1) is 16.6. The second kappa shape index (κ2) is 9.97. The fourth-order valence-corrected chi connectivity index (χ4v) is 7.75. The molecule has 7 heteroatoms. The molecule has 0 aromatic carbocycles. The molecule has 0 aromatic rings. The Morgan fingerprint density at radius 3 is 2.69 bits per heavy atom. The quantitative estimate of drug-likeness (QED) is 0.274. The number of rotatable bonds is 8. The van der Waals surface area contributed by atoms with Gasteiger partial charge in [-0.1, -0.05) is 30.5 Å². The van der Waals surface area contributed by atoms with Crippen molar-refractivity contribution in [1.82, 2.24) is 5.32 Å². The van der Waals surface area contributed by atoms with Crippen LogP contribution in [0.15, 0.2) is 16.8 Å². The SMILES string of the molecule is C#C[C@]1(O)CC[C@H]2[C@@H]3CCC4=C/C(=N\OCC(=O)NCCCCC(=O)O)CC[C@]4(C)[C@H]3CC[C@@]21C. The van der Waals surface area contributed by atoms with Gasteiger partial charge in [-0.05, 0) is 93.5 Å². The number of carbonyl (C=O) groups excluding carboxylic acids is 1. The standard InChI is InChI=1S/C28H40N2O5/c1-4-28(34)15-12-23-21-9-8-19-17-20(10-13-26(19,2)22(21)11-14-27(23,28)3)30-35-18-24(31)29-16-6-5-7-25(32)33/h1,17,21-23,34H,5-16,18H2,2-3H3,(H,29,31)(H,32,33)/b30-20-/t21-,22+,23+,26+,27+,28+/m1/s1. The van der Waals surface area contributed by atoms with Crippen LogP contribution in [0.3, 0.4) is 0 Å². The molecule has 0 radical (unpaired) electrons. The van der Waals surface area contributed by atoms with Gasteiger partial charge in [0.1, 0.15) is 5.60 Å². The van der Waals surface area contributed by atoms with Crippen LogP contribution in [0.25, 0.3) is 0 Å². The van der Waals surface area contributed by atoms with Crippen LogP contribution in [-0.2, 0) is 14.4 Å².